The van der Waals surface area contributed by atoms with Gasteiger partial charge in [0.2, 0.25) is 5.79 Å². The second kappa shape index (κ2) is 6.42. The first-order valence-electron chi connectivity index (χ1n) is 9.78. The summed E-state index contributed by atoms with van der Waals surface area (Å²) in [5, 5.41) is 0. The van der Waals surface area contributed by atoms with E-state index >= 15 is 0 Å². The van der Waals surface area contributed by atoms with Crippen LogP contribution in [-0.2, 0) is 16.1 Å². The van der Waals surface area contributed by atoms with E-state index in [4.69, 9.17) is 14.2 Å². The van der Waals surface area contributed by atoms with E-state index in [1.165, 1.54) is 36.0 Å². The predicted molar refractivity (Wildman–Crippen MR) is 96.4 cm³/mol. The molecule has 3 heterocycles. The van der Waals surface area contributed by atoms with E-state index < -0.39 is 5.79 Å². The standard InChI is InChI=1S/C21H27NO3/c1-2-19(3-1)22-10-8-21(9-11-22)24-15-18-14-17(4-5-20(18)25-21)16-6-12-23-13-7-16/h4-6,14,19H,1-3,7-13,15H2. The highest BCUT2D eigenvalue weighted by Gasteiger charge is 2.42. The van der Waals surface area contributed by atoms with Gasteiger partial charge in [-0.05, 0) is 42.5 Å². The van der Waals surface area contributed by atoms with Crippen molar-refractivity contribution in [3.05, 3.63) is 35.4 Å². The molecule has 0 amide bonds. The fourth-order valence-electron chi connectivity index (χ4n) is 4.45. The highest BCUT2D eigenvalue weighted by Crippen LogP contribution is 2.40. The molecule has 134 valence electrons. The van der Waals surface area contributed by atoms with E-state index in [0.717, 1.165) is 57.4 Å². The van der Waals surface area contributed by atoms with E-state index in [9.17, 15) is 0 Å². The molecule has 1 aliphatic carbocycles. The number of likely N-dealkylation sites (tertiary alicyclic amines) is 1. The first kappa shape index (κ1) is 15.9. The SMILES string of the molecule is C1=C(c2ccc3c(c2)COC2(CCN(C4CCC4)CC2)O3)CCOC1. The molecule has 0 aromatic heterocycles. The van der Waals surface area contributed by atoms with Crippen molar-refractivity contribution in [2.24, 2.45) is 0 Å². The summed E-state index contributed by atoms with van der Waals surface area (Å²) in [5.74, 6) is 0.618. The quantitative estimate of drug-likeness (QED) is 0.820. The summed E-state index contributed by atoms with van der Waals surface area (Å²) in [6.45, 7) is 4.41. The average Bonchev–Trinajstić information content (AvgIpc) is 2.63. The Morgan fingerprint density at radius 2 is 2.00 bits per heavy atom. The van der Waals surface area contributed by atoms with Crippen LogP contribution in [0.15, 0.2) is 24.3 Å². The van der Waals surface area contributed by atoms with Crippen molar-refractivity contribution in [1.29, 1.82) is 0 Å². The van der Waals surface area contributed by atoms with Crippen LogP contribution in [0.25, 0.3) is 5.57 Å². The molecule has 0 N–H and O–H groups in total. The lowest BCUT2D eigenvalue weighted by atomic mass is 9.89. The summed E-state index contributed by atoms with van der Waals surface area (Å²) in [5.41, 5.74) is 3.84. The van der Waals surface area contributed by atoms with Gasteiger partial charge in [0.15, 0.2) is 0 Å². The van der Waals surface area contributed by atoms with Crippen LogP contribution in [-0.4, -0.2) is 43.0 Å². The number of nitrogens with zero attached hydrogens (tertiary/aromatic N) is 1. The van der Waals surface area contributed by atoms with Crippen LogP contribution in [0.5, 0.6) is 5.75 Å². The van der Waals surface area contributed by atoms with Crippen LogP contribution >= 0.6 is 0 Å². The van der Waals surface area contributed by atoms with Gasteiger partial charge in [0.1, 0.15) is 5.75 Å². The number of rotatable bonds is 2. The third kappa shape index (κ3) is 3.01. The third-order valence-corrected chi connectivity index (χ3v) is 6.33. The Morgan fingerprint density at radius 3 is 2.72 bits per heavy atom. The maximum Gasteiger partial charge on any atom is 0.213 e. The molecule has 25 heavy (non-hydrogen) atoms. The summed E-state index contributed by atoms with van der Waals surface area (Å²) < 4.78 is 18.1. The fraction of sp³-hybridized carbons (Fsp3) is 0.619. The minimum atomic E-state index is -0.396. The molecule has 1 aromatic rings. The van der Waals surface area contributed by atoms with E-state index in [0.29, 0.717) is 6.61 Å². The highest BCUT2D eigenvalue weighted by molar-refractivity contribution is 5.67. The van der Waals surface area contributed by atoms with E-state index in [1.807, 2.05) is 0 Å². The number of piperidine rings is 1. The van der Waals surface area contributed by atoms with Gasteiger partial charge in [-0.1, -0.05) is 18.6 Å². The second-order valence-corrected chi connectivity index (χ2v) is 7.80. The molecule has 0 radical (unpaired) electrons. The van der Waals surface area contributed by atoms with Crippen LogP contribution in [0.3, 0.4) is 0 Å². The van der Waals surface area contributed by atoms with Crippen molar-refractivity contribution in [3.8, 4) is 5.75 Å². The fourth-order valence-corrected chi connectivity index (χ4v) is 4.45. The lowest BCUT2D eigenvalue weighted by Gasteiger charge is -2.47. The van der Waals surface area contributed by atoms with Crippen LogP contribution in [0.2, 0.25) is 0 Å². The third-order valence-electron chi connectivity index (χ3n) is 6.33. The molecule has 4 heteroatoms. The van der Waals surface area contributed by atoms with Gasteiger partial charge in [0, 0.05) is 37.5 Å². The zero-order valence-corrected chi connectivity index (χ0v) is 14.8. The molecule has 1 spiro atoms. The largest absolute Gasteiger partial charge is 0.462 e. The van der Waals surface area contributed by atoms with Gasteiger partial charge in [-0.3, -0.25) is 4.90 Å². The monoisotopic (exact) mass is 341 g/mol. The zero-order valence-electron chi connectivity index (χ0n) is 14.8. The molecule has 1 saturated carbocycles. The normalized spacial score (nSPS) is 26.5. The maximum atomic E-state index is 6.39. The maximum absolute atomic E-state index is 6.39. The van der Waals surface area contributed by atoms with Crippen molar-refractivity contribution in [2.75, 3.05) is 26.3 Å². The van der Waals surface area contributed by atoms with Gasteiger partial charge in [-0.2, -0.15) is 0 Å². The summed E-state index contributed by atoms with van der Waals surface area (Å²) in [6, 6.07) is 7.40. The zero-order chi connectivity index (χ0) is 16.7. The number of fused-ring (bicyclic) bond motifs is 1. The molecule has 4 aliphatic rings. The van der Waals surface area contributed by atoms with Gasteiger partial charge >= 0.3 is 0 Å². The number of hydrogen-bond acceptors (Lipinski definition) is 4. The Morgan fingerprint density at radius 1 is 1.12 bits per heavy atom. The molecule has 0 atom stereocenters. The van der Waals surface area contributed by atoms with Crippen molar-refractivity contribution >= 4 is 5.57 Å². The Labute approximate surface area is 149 Å². The van der Waals surface area contributed by atoms with Crippen LogP contribution in [0, 0.1) is 0 Å². The number of benzene rings is 1. The van der Waals surface area contributed by atoms with Crippen LogP contribution in [0.1, 0.15) is 49.7 Å². The Kier molecular flexibility index (Phi) is 4.07. The van der Waals surface area contributed by atoms with Crippen molar-refractivity contribution in [2.45, 2.75) is 57.0 Å². The molecule has 0 unspecified atom stereocenters. The minimum Gasteiger partial charge on any atom is -0.462 e. The summed E-state index contributed by atoms with van der Waals surface area (Å²) in [6.07, 6.45) is 9.29. The predicted octanol–water partition coefficient (Wildman–Crippen LogP) is 3.74. The molecule has 0 bridgehead atoms. The minimum absolute atomic E-state index is 0.396. The van der Waals surface area contributed by atoms with Gasteiger partial charge in [0.05, 0.1) is 19.8 Å². The topological polar surface area (TPSA) is 30.9 Å². The Balaban J connectivity index is 1.29. The number of ether oxygens (including phenoxy) is 3. The molecule has 1 saturated heterocycles. The molecule has 4 nitrogen and oxygen atoms in total. The molecule has 3 aliphatic heterocycles. The summed E-state index contributed by atoms with van der Waals surface area (Å²) >= 11 is 0. The first-order chi connectivity index (χ1) is 12.3. The molecule has 2 fully saturated rings. The first-order valence-corrected chi connectivity index (χ1v) is 9.78. The lowest BCUT2D eigenvalue weighted by Crippen LogP contribution is -2.54. The van der Waals surface area contributed by atoms with Crippen molar-refractivity contribution in [1.82, 2.24) is 4.90 Å². The van der Waals surface area contributed by atoms with Crippen molar-refractivity contribution < 1.29 is 14.2 Å². The van der Waals surface area contributed by atoms with E-state index in [2.05, 4.69) is 29.2 Å². The van der Waals surface area contributed by atoms with Crippen molar-refractivity contribution in [3.63, 3.8) is 0 Å². The van der Waals surface area contributed by atoms with Gasteiger partial charge in [0.25, 0.3) is 0 Å². The van der Waals surface area contributed by atoms with Crippen LogP contribution < -0.4 is 4.74 Å². The van der Waals surface area contributed by atoms with Gasteiger partial charge in [-0.25, -0.2) is 0 Å². The summed E-state index contributed by atoms with van der Waals surface area (Å²) in [7, 11) is 0. The highest BCUT2D eigenvalue weighted by atomic mass is 16.7. The Hall–Kier alpha value is -1.36. The molecule has 1 aromatic carbocycles. The van der Waals surface area contributed by atoms with E-state index in [-0.39, 0.29) is 0 Å². The van der Waals surface area contributed by atoms with E-state index in [1.54, 1.807) is 0 Å². The smallest absolute Gasteiger partial charge is 0.213 e. The number of hydrogen-bond donors (Lipinski definition) is 0. The Bertz CT molecular complexity index is 672. The molecule has 5 rings (SSSR count). The molecular formula is C21H27NO3. The summed E-state index contributed by atoms with van der Waals surface area (Å²) in [4.78, 5) is 2.64. The van der Waals surface area contributed by atoms with Gasteiger partial charge < -0.3 is 14.2 Å². The second-order valence-electron chi connectivity index (χ2n) is 7.80. The van der Waals surface area contributed by atoms with Crippen LogP contribution in [0.4, 0.5) is 0 Å². The molecular weight excluding hydrogens is 314 g/mol. The van der Waals surface area contributed by atoms with Gasteiger partial charge in [-0.15, -0.1) is 0 Å². The lowest BCUT2D eigenvalue weighted by molar-refractivity contribution is -0.231. The average molecular weight is 341 g/mol.